The minimum Gasteiger partial charge on any atom is -0.347 e. The largest absolute Gasteiger partial charge is 0.347 e. The number of aromatic nitrogens is 1. The van der Waals surface area contributed by atoms with Gasteiger partial charge in [0.1, 0.15) is 0 Å². The van der Waals surface area contributed by atoms with Gasteiger partial charge in [0, 0.05) is 24.7 Å². The molecule has 1 fully saturated rings. The van der Waals surface area contributed by atoms with Crippen molar-refractivity contribution < 1.29 is 4.79 Å². The van der Waals surface area contributed by atoms with Gasteiger partial charge in [0.2, 0.25) is 5.91 Å². The number of halogens is 2. The van der Waals surface area contributed by atoms with Gasteiger partial charge in [-0.15, -0.1) is 0 Å². The maximum absolute atomic E-state index is 12.8. The molecule has 2 atom stereocenters. The monoisotopic (exact) mass is 433 g/mol. The van der Waals surface area contributed by atoms with Gasteiger partial charge in [0.25, 0.3) is 0 Å². The number of amides is 1. The molecule has 3 rings (SSSR count). The molecule has 1 saturated heterocycles. The van der Waals surface area contributed by atoms with Crippen LogP contribution in [0.25, 0.3) is 0 Å². The van der Waals surface area contributed by atoms with E-state index >= 15 is 0 Å². The summed E-state index contributed by atoms with van der Waals surface area (Å²) in [6, 6.07) is 11.5. The van der Waals surface area contributed by atoms with Crippen molar-refractivity contribution in [3.63, 3.8) is 0 Å². The summed E-state index contributed by atoms with van der Waals surface area (Å²) in [5, 5.41) is 4.48. The molecule has 2 heterocycles. The number of pyridine rings is 1. The Kier molecular flexibility index (Phi) is 7.20. The van der Waals surface area contributed by atoms with E-state index in [1.165, 1.54) is 0 Å². The molecule has 6 heteroatoms. The first kappa shape index (κ1) is 22.1. The lowest BCUT2D eigenvalue weighted by molar-refractivity contribution is -0.130. The highest BCUT2D eigenvalue weighted by Gasteiger charge is 2.33. The van der Waals surface area contributed by atoms with Crippen molar-refractivity contribution >= 4 is 29.1 Å². The van der Waals surface area contributed by atoms with Gasteiger partial charge in [0.15, 0.2) is 0 Å². The van der Waals surface area contributed by atoms with Crippen molar-refractivity contribution in [1.82, 2.24) is 15.2 Å². The minimum atomic E-state index is -0.449. The van der Waals surface area contributed by atoms with Crippen LogP contribution >= 0.6 is 23.2 Å². The number of hydrogen-bond donors (Lipinski definition) is 1. The molecular weight excluding hydrogens is 405 g/mol. The SMILES string of the molecule is CC(C)(C)C(=O)NC(c1ccccn1)C1CCCN(Cc2cccc(Cl)c2Cl)C1. The van der Waals surface area contributed by atoms with E-state index in [9.17, 15) is 4.79 Å². The second-order valence-electron chi connectivity index (χ2n) is 8.81. The Bertz CT molecular complexity index is 836. The van der Waals surface area contributed by atoms with Gasteiger partial charge in [-0.2, -0.15) is 0 Å². The number of nitrogens with zero attached hydrogens (tertiary/aromatic N) is 2. The Morgan fingerprint density at radius 2 is 2.03 bits per heavy atom. The molecule has 4 nitrogen and oxygen atoms in total. The van der Waals surface area contributed by atoms with Crippen LogP contribution in [-0.2, 0) is 11.3 Å². The van der Waals surface area contributed by atoms with E-state index in [-0.39, 0.29) is 17.9 Å². The fourth-order valence-electron chi connectivity index (χ4n) is 3.77. The average molecular weight is 434 g/mol. The van der Waals surface area contributed by atoms with Crippen molar-refractivity contribution in [2.24, 2.45) is 11.3 Å². The van der Waals surface area contributed by atoms with E-state index in [1.54, 1.807) is 6.20 Å². The van der Waals surface area contributed by atoms with Gasteiger partial charge in [-0.1, -0.05) is 62.2 Å². The molecule has 2 aromatic rings. The van der Waals surface area contributed by atoms with Gasteiger partial charge in [-0.05, 0) is 49.1 Å². The third-order valence-corrected chi connectivity index (χ3v) is 6.27. The molecule has 29 heavy (non-hydrogen) atoms. The van der Waals surface area contributed by atoms with Crippen LogP contribution < -0.4 is 5.32 Å². The molecule has 1 N–H and O–H groups in total. The Hall–Kier alpha value is -1.62. The Morgan fingerprint density at radius 3 is 2.72 bits per heavy atom. The van der Waals surface area contributed by atoms with E-state index in [4.69, 9.17) is 23.2 Å². The number of rotatable bonds is 5. The van der Waals surface area contributed by atoms with Crippen molar-refractivity contribution in [3.05, 3.63) is 63.9 Å². The van der Waals surface area contributed by atoms with Gasteiger partial charge < -0.3 is 5.32 Å². The smallest absolute Gasteiger partial charge is 0.225 e. The number of benzene rings is 1. The van der Waals surface area contributed by atoms with Crippen LogP contribution in [0.5, 0.6) is 0 Å². The van der Waals surface area contributed by atoms with E-state index in [1.807, 2.05) is 57.2 Å². The van der Waals surface area contributed by atoms with Crippen LogP contribution in [0.1, 0.15) is 50.9 Å². The van der Waals surface area contributed by atoms with E-state index in [0.717, 1.165) is 43.7 Å². The fraction of sp³-hybridized carbons (Fsp3) is 0.478. The van der Waals surface area contributed by atoms with Gasteiger partial charge in [-0.3, -0.25) is 14.7 Å². The maximum atomic E-state index is 12.8. The highest BCUT2D eigenvalue weighted by atomic mass is 35.5. The Labute approximate surface area is 183 Å². The summed E-state index contributed by atoms with van der Waals surface area (Å²) < 4.78 is 0. The first-order chi connectivity index (χ1) is 13.8. The lowest BCUT2D eigenvalue weighted by Crippen LogP contribution is -2.45. The van der Waals surface area contributed by atoms with Crippen LogP contribution in [0, 0.1) is 11.3 Å². The van der Waals surface area contributed by atoms with Crippen molar-refractivity contribution in [2.75, 3.05) is 13.1 Å². The number of nitrogens with one attached hydrogen (secondary N) is 1. The van der Waals surface area contributed by atoms with E-state index in [2.05, 4.69) is 15.2 Å². The van der Waals surface area contributed by atoms with Crippen LogP contribution in [0.4, 0.5) is 0 Å². The molecule has 156 valence electrons. The summed E-state index contributed by atoms with van der Waals surface area (Å²) in [5.74, 6) is 0.325. The van der Waals surface area contributed by atoms with Crippen LogP contribution in [-0.4, -0.2) is 28.9 Å². The number of carbonyl (C=O) groups is 1. The molecule has 1 aromatic heterocycles. The molecular formula is C23H29Cl2N3O. The zero-order valence-electron chi connectivity index (χ0n) is 17.3. The fourth-order valence-corrected chi connectivity index (χ4v) is 4.15. The van der Waals surface area contributed by atoms with Crippen molar-refractivity contribution in [3.8, 4) is 0 Å². The summed E-state index contributed by atoms with van der Waals surface area (Å²) >= 11 is 12.6. The number of hydrogen-bond acceptors (Lipinski definition) is 3. The average Bonchev–Trinajstić information content (AvgIpc) is 2.69. The number of piperidine rings is 1. The summed E-state index contributed by atoms with van der Waals surface area (Å²) in [4.78, 5) is 19.7. The molecule has 1 aliphatic rings. The maximum Gasteiger partial charge on any atom is 0.225 e. The summed E-state index contributed by atoms with van der Waals surface area (Å²) in [6.45, 7) is 8.43. The van der Waals surface area contributed by atoms with Gasteiger partial charge >= 0.3 is 0 Å². The summed E-state index contributed by atoms with van der Waals surface area (Å²) in [6.07, 6.45) is 3.90. The first-order valence-corrected chi connectivity index (χ1v) is 10.9. The van der Waals surface area contributed by atoms with Crippen LogP contribution in [0.3, 0.4) is 0 Å². The quantitative estimate of drug-likeness (QED) is 0.676. The molecule has 1 aliphatic heterocycles. The molecule has 0 bridgehead atoms. The third-order valence-electron chi connectivity index (χ3n) is 5.41. The molecule has 0 spiro atoms. The van der Waals surface area contributed by atoms with E-state index < -0.39 is 5.41 Å². The van der Waals surface area contributed by atoms with Crippen LogP contribution in [0.2, 0.25) is 10.0 Å². The molecule has 2 unspecified atom stereocenters. The third kappa shape index (κ3) is 5.71. The molecule has 0 radical (unpaired) electrons. The van der Waals surface area contributed by atoms with Gasteiger partial charge in [-0.25, -0.2) is 0 Å². The molecule has 0 saturated carbocycles. The highest BCUT2D eigenvalue weighted by molar-refractivity contribution is 6.42. The standard InChI is InChI=1S/C23H29Cl2N3O/c1-23(2,3)22(29)27-21(19-11-4-5-12-26-19)17-9-7-13-28(15-17)14-16-8-6-10-18(24)20(16)25/h4-6,8,10-12,17,21H,7,9,13-15H2,1-3H3,(H,27,29). The predicted octanol–water partition coefficient (Wildman–Crippen LogP) is 5.50. The normalized spacial score (nSPS) is 19.0. The second kappa shape index (κ2) is 9.46. The second-order valence-corrected chi connectivity index (χ2v) is 9.59. The topological polar surface area (TPSA) is 45.2 Å². The zero-order chi connectivity index (χ0) is 21.0. The number of carbonyl (C=O) groups excluding carboxylic acids is 1. The Morgan fingerprint density at radius 1 is 1.24 bits per heavy atom. The predicted molar refractivity (Wildman–Crippen MR) is 119 cm³/mol. The highest BCUT2D eigenvalue weighted by Crippen LogP contribution is 2.32. The molecule has 0 aliphatic carbocycles. The van der Waals surface area contributed by atoms with Gasteiger partial charge in [0.05, 0.1) is 21.8 Å². The van der Waals surface area contributed by atoms with Crippen molar-refractivity contribution in [2.45, 2.75) is 46.2 Å². The molecule has 1 amide bonds. The number of likely N-dealkylation sites (tertiary alicyclic amines) is 1. The van der Waals surface area contributed by atoms with Crippen LogP contribution in [0.15, 0.2) is 42.6 Å². The lowest BCUT2D eigenvalue weighted by atomic mass is 9.86. The minimum absolute atomic E-state index is 0.0446. The Balaban J connectivity index is 1.78. The summed E-state index contributed by atoms with van der Waals surface area (Å²) in [7, 11) is 0. The molecule has 1 aromatic carbocycles. The summed E-state index contributed by atoms with van der Waals surface area (Å²) in [5.41, 5.74) is 1.50. The lowest BCUT2D eigenvalue weighted by Gasteiger charge is -2.38. The van der Waals surface area contributed by atoms with E-state index in [0.29, 0.717) is 10.0 Å². The zero-order valence-corrected chi connectivity index (χ0v) is 18.8. The first-order valence-electron chi connectivity index (χ1n) is 10.1. The van der Waals surface area contributed by atoms with Crippen molar-refractivity contribution in [1.29, 1.82) is 0 Å².